The Morgan fingerprint density at radius 2 is 1.22 bits per heavy atom. The van der Waals surface area contributed by atoms with Crippen molar-refractivity contribution in [3.05, 3.63) is 186 Å². The number of allylic oxidation sites excluding steroid dienone is 1. The normalized spacial score (nSPS) is 15.4. The molecular weight excluding hydrogens is 623 g/mol. The molecule has 0 spiro atoms. The van der Waals surface area contributed by atoms with Gasteiger partial charge >= 0.3 is 0 Å². The molecule has 2 aliphatic rings. The van der Waals surface area contributed by atoms with Crippen molar-refractivity contribution >= 4 is 50.5 Å². The van der Waals surface area contributed by atoms with E-state index in [0.717, 1.165) is 63.0 Å². The van der Waals surface area contributed by atoms with Gasteiger partial charge in [-0.2, -0.15) is 0 Å². The highest BCUT2D eigenvalue weighted by atomic mass is 16.3. The topological polar surface area (TPSA) is 49.9 Å². The van der Waals surface area contributed by atoms with E-state index >= 15 is 0 Å². The Bertz CT molecular complexity index is 2700. The molecule has 242 valence electrons. The van der Waals surface area contributed by atoms with E-state index in [0.29, 0.717) is 5.84 Å². The van der Waals surface area contributed by atoms with Crippen LogP contribution in [0.25, 0.3) is 61.0 Å². The van der Waals surface area contributed by atoms with Crippen molar-refractivity contribution in [1.82, 2.24) is 5.32 Å². The third kappa shape index (κ3) is 4.99. The maximum absolute atomic E-state index is 6.99. The Labute approximate surface area is 296 Å². The quantitative estimate of drug-likeness (QED) is 0.201. The van der Waals surface area contributed by atoms with Gasteiger partial charge in [0.1, 0.15) is 23.2 Å². The molecule has 0 saturated carbocycles. The fourth-order valence-corrected chi connectivity index (χ4v) is 7.83. The molecule has 1 aromatic heterocycles. The lowest BCUT2D eigenvalue weighted by molar-refractivity contribution is 0.668. The van der Waals surface area contributed by atoms with E-state index in [1.807, 2.05) is 24.3 Å². The lowest BCUT2D eigenvalue weighted by Gasteiger charge is -2.24. The van der Waals surface area contributed by atoms with Crippen molar-refractivity contribution < 1.29 is 4.42 Å². The van der Waals surface area contributed by atoms with Crippen LogP contribution in [0.15, 0.2) is 172 Å². The molecule has 0 bridgehead atoms. The van der Waals surface area contributed by atoms with Crippen molar-refractivity contribution in [2.45, 2.75) is 19.0 Å². The SMILES string of the molecule is C1=Cc2ccc3oc4c(-c5ccc(-c6ccccc6)c6ccccc56)ccc(C5=NC(c6ccccc6)=NC(c6ccccc6)N5)c4c3c2CC1. The molecule has 10 rings (SSSR count). The van der Waals surface area contributed by atoms with Gasteiger partial charge in [-0.15, -0.1) is 0 Å². The number of hydrogen-bond donors (Lipinski definition) is 1. The first-order chi connectivity index (χ1) is 25.3. The summed E-state index contributed by atoms with van der Waals surface area (Å²) in [6, 6.07) is 53.3. The first-order valence-electron chi connectivity index (χ1n) is 17.6. The highest BCUT2D eigenvalue weighted by Crippen LogP contribution is 2.44. The highest BCUT2D eigenvalue weighted by Gasteiger charge is 2.27. The zero-order valence-electron chi connectivity index (χ0n) is 27.9. The second kappa shape index (κ2) is 12.1. The van der Waals surface area contributed by atoms with Crippen LogP contribution in [0, 0.1) is 0 Å². The van der Waals surface area contributed by atoms with Crippen LogP contribution in [-0.4, -0.2) is 11.7 Å². The van der Waals surface area contributed by atoms with Crippen molar-refractivity contribution in [2.24, 2.45) is 9.98 Å². The first-order valence-corrected chi connectivity index (χ1v) is 17.6. The van der Waals surface area contributed by atoms with Crippen LogP contribution in [0.5, 0.6) is 0 Å². The summed E-state index contributed by atoms with van der Waals surface area (Å²) in [4.78, 5) is 10.4. The molecule has 7 aromatic carbocycles. The summed E-state index contributed by atoms with van der Waals surface area (Å²) >= 11 is 0. The van der Waals surface area contributed by atoms with Crippen LogP contribution >= 0.6 is 0 Å². The van der Waals surface area contributed by atoms with Gasteiger partial charge in [-0.25, -0.2) is 9.98 Å². The van der Waals surface area contributed by atoms with Gasteiger partial charge in [0.15, 0.2) is 5.84 Å². The summed E-state index contributed by atoms with van der Waals surface area (Å²) in [5.41, 5.74) is 12.0. The maximum atomic E-state index is 6.99. The second-order valence-corrected chi connectivity index (χ2v) is 13.2. The number of furan rings is 1. The first kappa shape index (κ1) is 29.4. The minimum Gasteiger partial charge on any atom is -0.455 e. The van der Waals surface area contributed by atoms with E-state index in [1.54, 1.807) is 0 Å². The fourth-order valence-electron chi connectivity index (χ4n) is 7.83. The summed E-state index contributed by atoms with van der Waals surface area (Å²) in [5, 5.41) is 8.38. The van der Waals surface area contributed by atoms with Crippen LogP contribution < -0.4 is 5.32 Å². The van der Waals surface area contributed by atoms with E-state index in [-0.39, 0.29) is 6.17 Å². The molecule has 2 heterocycles. The molecule has 8 aromatic rings. The van der Waals surface area contributed by atoms with Gasteiger partial charge in [-0.05, 0) is 75.2 Å². The highest BCUT2D eigenvalue weighted by molar-refractivity contribution is 6.25. The minimum absolute atomic E-state index is 0.298. The third-order valence-corrected chi connectivity index (χ3v) is 10.2. The van der Waals surface area contributed by atoms with Crippen LogP contribution in [0.4, 0.5) is 0 Å². The summed E-state index contributed by atoms with van der Waals surface area (Å²) in [6.45, 7) is 0. The Balaban J connectivity index is 1.24. The van der Waals surface area contributed by atoms with Crippen LogP contribution in [0.3, 0.4) is 0 Å². The molecule has 4 heteroatoms. The maximum Gasteiger partial charge on any atom is 0.159 e. The number of rotatable bonds is 5. The zero-order valence-corrected chi connectivity index (χ0v) is 27.9. The summed E-state index contributed by atoms with van der Waals surface area (Å²) < 4.78 is 6.99. The monoisotopic (exact) mass is 655 g/mol. The van der Waals surface area contributed by atoms with Gasteiger partial charge in [0.25, 0.3) is 0 Å². The average molecular weight is 656 g/mol. The number of aryl methyl sites for hydroxylation is 1. The summed E-state index contributed by atoms with van der Waals surface area (Å²) in [5.74, 6) is 1.49. The molecule has 4 nitrogen and oxygen atoms in total. The molecule has 0 fully saturated rings. The van der Waals surface area contributed by atoms with Crippen LogP contribution in [0.1, 0.15) is 40.4 Å². The molecule has 0 radical (unpaired) electrons. The second-order valence-electron chi connectivity index (χ2n) is 13.2. The van der Waals surface area contributed by atoms with Gasteiger partial charge < -0.3 is 9.73 Å². The zero-order chi connectivity index (χ0) is 33.7. The van der Waals surface area contributed by atoms with Gasteiger partial charge in [-0.1, -0.05) is 146 Å². The van der Waals surface area contributed by atoms with Crippen molar-refractivity contribution in [3.8, 4) is 22.3 Å². The van der Waals surface area contributed by atoms with E-state index in [1.165, 1.54) is 38.4 Å². The van der Waals surface area contributed by atoms with Gasteiger partial charge in [0.05, 0.1) is 0 Å². The number of hydrogen-bond acceptors (Lipinski definition) is 4. The fraction of sp³-hybridized carbons (Fsp3) is 0.0638. The number of fused-ring (bicyclic) bond motifs is 6. The van der Waals surface area contributed by atoms with Crippen molar-refractivity contribution in [2.75, 3.05) is 0 Å². The van der Waals surface area contributed by atoms with Crippen LogP contribution in [-0.2, 0) is 6.42 Å². The van der Waals surface area contributed by atoms with E-state index in [4.69, 9.17) is 14.4 Å². The smallest absolute Gasteiger partial charge is 0.159 e. The van der Waals surface area contributed by atoms with Crippen molar-refractivity contribution in [1.29, 1.82) is 0 Å². The Morgan fingerprint density at radius 1 is 0.569 bits per heavy atom. The standard InChI is InChI=1S/C47H33N3O/c1-4-14-30(15-5-1)34-25-26-38(37-23-13-12-22-36(34)37)39-27-28-40(43-42-35-21-11-10-16-31(35)24-29-41(42)51-44(39)43)47-49-45(32-17-6-2-7-18-32)48-46(50-47)33-19-8-3-9-20-33/h1-10,12-20,22-29,45H,11,21H2,(H,48,49,50). The van der Waals surface area contributed by atoms with E-state index in [2.05, 4.69) is 145 Å². The molecule has 0 amide bonds. The molecule has 1 N–H and O–H groups in total. The molecular formula is C47H33N3O. The van der Waals surface area contributed by atoms with Gasteiger partial charge in [0.2, 0.25) is 0 Å². The lowest BCUT2D eigenvalue weighted by Crippen LogP contribution is -2.33. The molecule has 1 aliphatic heterocycles. The largest absolute Gasteiger partial charge is 0.455 e. The van der Waals surface area contributed by atoms with Gasteiger partial charge in [0, 0.05) is 27.5 Å². The number of amidine groups is 2. The number of nitrogens with zero attached hydrogens (tertiary/aromatic N) is 2. The summed E-state index contributed by atoms with van der Waals surface area (Å²) in [7, 11) is 0. The van der Waals surface area contributed by atoms with E-state index < -0.39 is 0 Å². The minimum atomic E-state index is -0.298. The predicted molar refractivity (Wildman–Crippen MR) is 211 cm³/mol. The summed E-state index contributed by atoms with van der Waals surface area (Å²) in [6.07, 6.45) is 6.17. The van der Waals surface area contributed by atoms with Gasteiger partial charge in [-0.3, -0.25) is 0 Å². The third-order valence-electron chi connectivity index (χ3n) is 10.2. The van der Waals surface area contributed by atoms with E-state index in [9.17, 15) is 0 Å². The van der Waals surface area contributed by atoms with Crippen LogP contribution in [0.2, 0.25) is 0 Å². The molecule has 0 saturated heterocycles. The number of aliphatic imine (C=N–C) groups is 2. The molecule has 1 aliphatic carbocycles. The number of benzene rings is 7. The average Bonchev–Trinajstić information content (AvgIpc) is 3.62. The Kier molecular flexibility index (Phi) is 6.98. The molecule has 1 atom stereocenters. The number of nitrogens with one attached hydrogen (secondary N) is 1. The Morgan fingerprint density at radius 3 is 2.00 bits per heavy atom. The lowest BCUT2D eigenvalue weighted by atomic mass is 9.88. The molecule has 51 heavy (non-hydrogen) atoms. The molecule has 1 unspecified atom stereocenters. The van der Waals surface area contributed by atoms with Crippen molar-refractivity contribution in [3.63, 3.8) is 0 Å². The Hall–Kier alpha value is -6.52. The predicted octanol–water partition coefficient (Wildman–Crippen LogP) is 11.5.